The first kappa shape index (κ1) is 18.0. The molecule has 3 rings (SSSR count). The Balaban J connectivity index is 1.71. The number of amides is 1. The van der Waals surface area contributed by atoms with Gasteiger partial charge in [-0.3, -0.25) is 4.79 Å². The lowest BCUT2D eigenvalue weighted by atomic mass is 10.0. The Bertz CT molecular complexity index is 871. The SMILES string of the molecule is Cc1ccc(C[NH+](C)[C@@H](C)C(=O)Nc2ccccc2-c2ccccc2)o1. The molecule has 0 aliphatic heterocycles. The number of para-hydroxylation sites is 1. The van der Waals surface area contributed by atoms with E-state index in [-0.39, 0.29) is 11.9 Å². The van der Waals surface area contributed by atoms with E-state index in [1.54, 1.807) is 0 Å². The van der Waals surface area contributed by atoms with Gasteiger partial charge in [0.15, 0.2) is 11.8 Å². The van der Waals surface area contributed by atoms with E-state index in [1.807, 2.05) is 87.6 Å². The summed E-state index contributed by atoms with van der Waals surface area (Å²) in [6, 6.07) is 21.7. The first-order valence-electron chi connectivity index (χ1n) is 8.87. The molecule has 3 aromatic rings. The minimum Gasteiger partial charge on any atom is -0.460 e. The van der Waals surface area contributed by atoms with Gasteiger partial charge >= 0.3 is 0 Å². The maximum atomic E-state index is 12.8. The molecule has 4 nitrogen and oxygen atoms in total. The first-order valence-corrected chi connectivity index (χ1v) is 8.87. The predicted molar refractivity (Wildman–Crippen MR) is 104 cm³/mol. The Hall–Kier alpha value is -2.85. The second kappa shape index (κ2) is 8.02. The molecule has 0 saturated carbocycles. The van der Waals surface area contributed by atoms with Crippen molar-refractivity contribution in [2.24, 2.45) is 0 Å². The summed E-state index contributed by atoms with van der Waals surface area (Å²) in [4.78, 5) is 13.8. The third kappa shape index (κ3) is 4.21. The number of furan rings is 1. The second-order valence-electron chi connectivity index (χ2n) is 6.66. The smallest absolute Gasteiger partial charge is 0.282 e. The molecule has 1 heterocycles. The molecule has 134 valence electrons. The Kier molecular flexibility index (Phi) is 5.54. The van der Waals surface area contributed by atoms with Crippen LogP contribution < -0.4 is 10.2 Å². The third-order valence-electron chi connectivity index (χ3n) is 4.65. The summed E-state index contributed by atoms with van der Waals surface area (Å²) in [7, 11) is 2.01. The standard InChI is InChI=1S/C22H24N2O2/c1-16-13-14-19(26-16)15-24(3)17(2)22(25)23-21-12-8-7-11-20(21)18-9-5-4-6-10-18/h4-14,17H,15H2,1-3H3,(H,23,25)/p+1/t17-/m0/s1. The van der Waals surface area contributed by atoms with E-state index in [0.717, 1.165) is 33.2 Å². The van der Waals surface area contributed by atoms with Crippen LogP contribution in [0.4, 0.5) is 5.69 Å². The fourth-order valence-corrected chi connectivity index (χ4v) is 2.93. The molecule has 0 aliphatic carbocycles. The number of likely N-dealkylation sites (N-methyl/N-ethyl adjacent to an activating group) is 1. The van der Waals surface area contributed by atoms with Crippen LogP contribution in [0.5, 0.6) is 0 Å². The number of quaternary nitrogens is 1. The zero-order valence-corrected chi connectivity index (χ0v) is 15.5. The Morgan fingerprint density at radius 3 is 2.42 bits per heavy atom. The van der Waals surface area contributed by atoms with E-state index in [9.17, 15) is 4.79 Å². The van der Waals surface area contributed by atoms with Gasteiger partial charge in [-0.15, -0.1) is 0 Å². The summed E-state index contributed by atoms with van der Waals surface area (Å²) < 4.78 is 5.63. The van der Waals surface area contributed by atoms with Gasteiger partial charge in [0.05, 0.1) is 7.05 Å². The van der Waals surface area contributed by atoms with E-state index in [0.29, 0.717) is 6.54 Å². The molecular formula is C22H25N2O2+. The molecule has 1 aromatic heterocycles. The summed E-state index contributed by atoms with van der Waals surface area (Å²) >= 11 is 0. The first-order chi connectivity index (χ1) is 12.5. The third-order valence-corrected chi connectivity index (χ3v) is 4.65. The van der Waals surface area contributed by atoms with Crippen molar-refractivity contribution >= 4 is 11.6 Å². The van der Waals surface area contributed by atoms with Gasteiger partial charge in [-0.25, -0.2) is 0 Å². The van der Waals surface area contributed by atoms with Gasteiger partial charge in [-0.05, 0) is 37.6 Å². The lowest BCUT2D eigenvalue weighted by molar-refractivity contribution is -0.908. The average molecular weight is 349 g/mol. The summed E-state index contributed by atoms with van der Waals surface area (Å²) in [5, 5.41) is 3.09. The van der Waals surface area contributed by atoms with Crippen molar-refractivity contribution in [1.29, 1.82) is 0 Å². The molecule has 26 heavy (non-hydrogen) atoms. The van der Waals surface area contributed by atoms with Crippen LogP contribution in [-0.2, 0) is 11.3 Å². The van der Waals surface area contributed by atoms with Crippen molar-refractivity contribution in [3.63, 3.8) is 0 Å². The number of anilines is 1. The van der Waals surface area contributed by atoms with Gasteiger partial charge in [0, 0.05) is 11.3 Å². The van der Waals surface area contributed by atoms with Crippen molar-refractivity contribution in [3.8, 4) is 11.1 Å². The van der Waals surface area contributed by atoms with Crippen LogP contribution >= 0.6 is 0 Å². The van der Waals surface area contributed by atoms with Crippen LogP contribution in [0.2, 0.25) is 0 Å². The zero-order chi connectivity index (χ0) is 18.5. The largest absolute Gasteiger partial charge is 0.460 e. The minimum absolute atomic E-state index is 0.00541. The van der Waals surface area contributed by atoms with Crippen molar-refractivity contribution in [1.82, 2.24) is 0 Å². The molecule has 4 heteroatoms. The monoisotopic (exact) mass is 349 g/mol. The molecule has 0 spiro atoms. The Labute approximate surface area is 154 Å². The van der Waals surface area contributed by atoms with Gasteiger partial charge in [-0.2, -0.15) is 0 Å². The molecule has 0 fully saturated rings. The number of aryl methyl sites for hydroxylation is 1. The van der Waals surface area contributed by atoms with E-state index in [1.165, 1.54) is 0 Å². The van der Waals surface area contributed by atoms with Gasteiger partial charge < -0.3 is 14.6 Å². The van der Waals surface area contributed by atoms with Gasteiger partial charge in [0.2, 0.25) is 0 Å². The zero-order valence-electron chi connectivity index (χ0n) is 15.5. The molecule has 0 aliphatic rings. The highest BCUT2D eigenvalue weighted by Crippen LogP contribution is 2.27. The molecule has 0 bridgehead atoms. The fraction of sp³-hybridized carbons (Fsp3) is 0.227. The second-order valence-corrected chi connectivity index (χ2v) is 6.66. The van der Waals surface area contributed by atoms with Crippen LogP contribution in [0, 0.1) is 6.92 Å². The average Bonchev–Trinajstić information content (AvgIpc) is 3.07. The van der Waals surface area contributed by atoms with Gasteiger partial charge in [0.1, 0.15) is 12.3 Å². The summed E-state index contributed by atoms with van der Waals surface area (Å²) in [5.41, 5.74) is 2.94. The highest BCUT2D eigenvalue weighted by atomic mass is 16.3. The minimum atomic E-state index is -0.204. The van der Waals surface area contributed by atoms with E-state index < -0.39 is 0 Å². The molecule has 0 saturated heterocycles. The van der Waals surface area contributed by atoms with Gasteiger partial charge in [-0.1, -0.05) is 48.5 Å². The fourth-order valence-electron chi connectivity index (χ4n) is 2.93. The van der Waals surface area contributed by atoms with Crippen LogP contribution in [0.15, 0.2) is 71.1 Å². The number of benzene rings is 2. The number of hydrogen-bond donors (Lipinski definition) is 2. The lowest BCUT2D eigenvalue weighted by Crippen LogP contribution is -3.12. The number of carbonyl (C=O) groups is 1. The van der Waals surface area contributed by atoms with Crippen LogP contribution in [0.25, 0.3) is 11.1 Å². The van der Waals surface area contributed by atoms with E-state index >= 15 is 0 Å². The maximum absolute atomic E-state index is 12.8. The Morgan fingerprint density at radius 1 is 1.04 bits per heavy atom. The van der Waals surface area contributed by atoms with Gasteiger partial charge in [0.25, 0.3) is 5.91 Å². The number of nitrogens with one attached hydrogen (secondary N) is 2. The molecule has 1 unspecified atom stereocenters. The molecule has 2 aromatic carbocycles. The summed E-state index contributed by atoms with van der Waals surface area (Å²) in [6.07, 6.45) is 0. The van der Waals surface area contributed by atoms with Crippen molar-refractivity contribution in [2.45, 2.75) is 26.4 Å². The quantitative estimate of drug-likeness (QED) is 0.717. The number of rotatable bonds is 6. The van der Waals surface area contributed by atoms with E-state index in [4.69, 9.17) is 4.42 Å². The van der Waals surface area contributed by atoms with Crippen LogP contribution in [0.1, 0.15) is 18.4 Å². The lowest BCUT2D eigenvalue weighted by Gasteiger charge is -2.21. The highest BCUT2D eigenvalue weighted by molar-refractivity contribution is 5.97. The normalized spacial score (nSPS) is 13.2. The van der Waals surface area contributed by atoms with Crippen molar-refractivity contribution < 1.29 is 14.1 Å². The predicted octanol–water partition coefficient (Wildman–Crippen LogP) is 3.30. The number of hydrogen-bond acceptors (Lipinski definition) is 2. The summed E-state index contributed by atoms with van der Waals surface area (Å²) in [6.45, 7) is 4.53. The van der Waals surface area contributed by atoms with E-state index in [2.05, 4.69) is 5.32 Å². The maximum Gasteiger partial charge on any atom is 0.282 e. The molecular weight excluding hydrogens is 324 g/mol. The molecule has 2 atom stereocenters. The van der Waals surface area contributed by atoms with Crippen LogP contribution in [0.3, 0.4) is 0 Å². The topological polar surface area (TPSA) is 46.7 Å². The van der Waals surface area contributed by atoms with Crippen molar-refractivity contribution in [2.75, 3.05) is 12.4 Å². The molecule has 2 N–H and O–H groups in total. The Morgan fingerprint density at radius 2 is 1.73 bits per heavy atom. The molecule has 0 radical (unpaired) electrons. The van der Waals surface area contributed by atoms with Crippen LogP contribution in [-0.4, -0.2) is 19.0 Å². The number of carbonyl (C=O) groups excluding carboxylic acids is 1. The highest BCUT2D eigenvalue weighted by Gasteiger charge is 2.23. The summed E-state index contributed by atoms with van der Waals surface area (Å²) in [5.74, 6) is 1.78. The molecule has 1 amide bonds. The van der Waals surface area contributed by atoms with Crippen molar-refractivity contribution in [3.05, 3.63) is 78.3 Å².